The lowest BCUT2D eigenvalue weighted by Gasteiger charge is -2.35. The minimum Gasteiger partial charge on any atom is -0.497 e. The van der Waals surface area contributed by atoms with Gasteiger partial charge < -0.3 is 19.7 Å². The van der Waals surface area contributed by atoms with E-state index < -0.39 is 28.5 Å². The molecule has 0 unspecified atom stereocenters. The number of nitrogens with one attached hydrogen (secondary N) is 1. The van der Waals surface area contributed by atoms with Gasteiger partial charge in [-0.15, -0.1) is 0 Å². The molecule has 0 aliphatic rings. The molecule has 0 spiro atoms. The lowest BCUT2D eigenvalue weighted by atomic mass is 10.0. The molecule has 9 nitrogen and oxygen atoms in total. The quantitative estimate of drug-likeness (QED) is 0.174. The van der Waals surface area contributed by atoms with Crippen molar-refractivity contribution in [2.45, 2.75) is 57.1 Å². The molecule has 4 aromatic rings. The van der Waals surface area contributed by atoms with Gasteiger partial charge in [-0.1, -0.05) is 79.7 Å². The number of hydrogen-bond acceptors (Lipinski definition) is 6. The van der Waals surface area contributed by atoms with Crippen molar-refractivity contribution in [1.29, 1.82) is 0 Å². The summed E-state index contributed by atoms with van der Waals surface area (Å²) in [6, 6.07) is 28.7. The lowest BCUT2D eigenvalue weighted by Crippen LogP contribution is -2.54. The maximum absolute atomic E-state index is 14.7. The van der Waals surface area contributed by atoms with Crippen molar-refractivity contribution >= 4 is 27.5 Å². The van der Waals surface area contributed by atoms with Crippen LogP contribution in [0.15, 0.2) is 108 Å². The summed E-state index contributed by atoms with van der Waals surface area (Å²) >= 11 is 0. The molecule has 4 rings (SSSR count). The van der Waals surface area contributed by atoms with E-state index in [4.69, 9.17) is 9.47 Å². The van der Waals surface area contributed by atoms with E-state index >= 15 is 0 Å². The van der Waals surface area contributed by atoms with E-state index in [2.05, 4.69) is 5.32 Å². The number of anilines is 1. The van der Waals surface area contributed by atoms with Crippen molar-refractivity contribution in [3.8, 4) is 11.5 Å². The third-order valence-electron chi connectivity index (χ3n) is 8.14. The Hall–Kier alpha value is -4.83. The third kappa shape index (κ3) is 8.71. The maximum atomic E-state index is 14.7. The monoisotopic (exact) mass is 657 g/mol. The van der Waals surface area contributed by atoms with Gasteiger partial charge in [-0.3, -0.25) is 13.9 Å². The molecule has 0 saturated carbocycles. The zero-order chi connectivity index (χ0) is 34.0. The fourth-order valence-corrected chi connectivity index (χ4v) is 6.63. The molecule has 0 saturated heterocycles. The van der Waals surface area contributed by atoms with E-state index in [9.17, 15) is 18.0 Å². The van der Waals surface area contributed by atoms with Crippen LogP contribution in [0.3, 0.4) is 0 Å². The summed E-state index contributed by atoms with van der Waals surface area (Å²) in [5.74, 6) is -0.258. The van der Waals surface area contributed by atoms with Crippen LogP contribution in [0.2, 0.25) is 0 Å². The fraction of sp³-hybridized carbons (Fsp3) is 0.297. The normalized spacial score (nSPS) is 12.4. The Morgan fingerprint density at radius 2 is 1.49 bits per heavy atom. The van der Waals surface area contributed by atoms with Gasteiger partial charge in [0.2, 0.25) is 11.8 Å². The third-order valence-corrected chi connectivity index (χ3v) is 9.91. The van der Waals surface area contributed by atoms with Gasteiger partial charge in [-0.05, 0) is 61.2 Å². The van der Waals surface area contributed by atoms with E-state index in [-0.39, 0.29) is 41.2 Å². The molecule has 47 heavy (non-hydrogen) atoms. The first kappa shape index (κ1) is 35.0. The number of carbonyl (C=O) groups excluding carboxylic acids is 2. The molecular formula is C37H43N3O6S. The van der Waals surface area contributed by atoms with Crippen molar-refractivity contribution in [3.63, 3.8) is 0 Å². The van der Waals surface area contributed by atoms with Crippen LogP contribution in [0, 0.1) is 6.92 Å². The van der Waals surface area contributed by atoms with Crippen LogP contribution in [0.25, 0.3) is 0 Å². The number of benzene rings is 4. The molecule has 0 heterocycles. The lowest BCUT2D eigenvalue weighted by molar-refractivity contribution is -0.140. The standard InChI is InChI=1S/C37H43N3O6S/c1-6-28(3)38-37(42)34(23-29-16-9-7-10-17-29)39(25-30-18-14-13-15-27(30)2)36(41)26-40(47(43,44)32-19-11-8-12-20-32)33-24-31(45-4)21-22-35(33)46-5/h7-22,24,28,34H,6,23,25-26H2,1-5H3,(H,38,42)/t28-,34+/m1/s1. The maximum Gasteiger partial charge on any atom is 0.264 e. The van der Waals surface area contributed by atoms with Gasteiger partial charge in [0.1, 0.15) is 24.1 Å². The average Bonchev–Trinajstić information content (AvgIpc) is 3.09. The second-order valence-corrected chi connectivity index (χ2v) is 13.2. The van der Waals surface area contributed by atoms with Crippen LogP contribution in [-0.4, -0.2) is 58.0 Å². The highest BCUT2D eigenvalue weighted by Crippen LogP contribution is 2.36. The van der Waals surface area contributed by atoms with Crippen molar-refractivity contribution in [3.05, 3.63) is 120 Å². The van der Waals surface area contributed by atoms with Gasteiger partial charge in [0.05, 0.1) is 24.8 Å². The number of carbonyl (C=O) groups is 2. The van der Waals surface area contributed by atoms with E-state index in [1.54, 1.807) is 30.3 Å². The van der Waals surface area contributed by atoms with Gasteiger partial charge in [0, 0.05) is 25.1 Å². The van der Waals surface area contributed by atoms with E-state index in [1.807, 2.05) is 75.4 Å². The Morgan fingerprint density at radius 1 is 0.851 bits per heavy atom. The molecule has 0 radical (unpaired) electrons. The molecule has 2 atom stereocenters. The number of nitrogens with zero attached hydrogens (tertiary/aromatic N) is 2. The second-order valence-electron chi connectivity index (χ2n) is 11.3. The van der Waals surface area contributed by atoms with Gasteiger partial charge in [-0.2, -0.15) is 0 Å². The highest BCUT2D eigenvalue weighted by Gasteiger charge is 2.36. The smallest absolute Gasteiger partial charge is 0.264 e. The Balaban J connectivity index is 1.87. The van der Waals surface area contributed by atoms with Crippen molar-refractivity contribution in [1.82, 2.24) is 10.2 Å². The summed E-state index contributed by atoms with van der Waals surface area (Å²) in [4.78, 5) is 30.2. The minimum absolute atomic E-state index is 0.00141. The minimum atomic E-state index is -4.30. The van der Waals surface area contributed by atoms with Gasteiger partial charge in [0.25, 0.3) is 10.0 Å². The summed E-state index contributed by atoms with van der Waals surface area (Å²) < 4.78 is 40.7. The van der Waals surface area contributed by atoms with Crippen LogP contribution in [0.5, 0.6) is 11.5 Å². The second kappa shape index (κ2) is 16.1. The van der Waals surface area contributed by atoms with E-state index in [1.165, 1.54) is 37.3 Å². The number of amides is 2. The SMILES string of the molecule is CC[C@@H](C)NC(=O)[C@H](Cc1ccccc1)N(Cc1ccccc1C)C(=O)CN(c1cc(OC)ccc1OC)S(=O)(=O)c1ccccc1. The molecule has 0 aliphatic carbocycles. The zero-order valence-electron chi connectivity index (χ0n) is 27.6. The predicted molar refractivity (Wildman–Crippen MR) is 184 cm³/mol. The Morgan fingerprint density at radius 3 is 2.11 bits per heavy atom. The molecule has 0 aliphatic heterocycles. The number of rotatable bonds is 15. The van der Waals surface area contributed by atoms with Crippen molar-refractivity contribution < 1.29 is 27.5 Å². The first-order valence-electron chi connectivity index (χ1n) is 15.6. The number of ether oxygens (including phenoxy) is 2. The topological polar surface area (TPSA) is 105 Å². The van der Waals surface area contributed by atoms with Crippen molar-refractivity contribution in [2.75, 3.05) is 25.1 Å². The van der Waals surface area contributed by atoms with Crippen LogP contribution in [0.1, 0.15) is 37.0 Å². The first-order valence-corrected chi connectivity index (χ1v) is 17.0. The van der Waals surface area contributed by atoms with Crippen LogP contribution < -0.4 is 19.1 Å². The molecule has 1 N–H and O–H groups in total. The molecule has 0 bridgehead atoms. The average molecular weight is 658 g/mol. The zero-order valence-corrected chi connectivity index (χ0v) is 28.4. The molecule has 4 aromatic carbocycles. The number of methoxy groups -OCH3 is 2. The van der Waals surface area contributed by atoms with Gasteiger partial charge in [0.15, 0.2) is 0 Å². The molecule has 10 heteroatoms. The Labute approximate surface area is 278 Å². The molecule has 0 aromatic heterocycles. The fourth-order valence-electron chi connectivity index (χ4n) is 5.19. The summed E-state index contributed by atoms with van der Waals surface area (Å²) in [6.07, 6.45) is 0.933. The van der Waals surface area contributed by atoms with E-state index in [0.29, 0.717) is 12.2 Å². The highest BCUT2D eigenvalue weighted by molar-refractivity contribution is 7.92. The van der Waals surface area contributed by atoms with Crippen LogP contribution in [-0.2, 0) is 32.6 Å². The number of sulfonamides is 1. The summed E-state index contributed by atoms with van der Waals surface area (Å²) in [5.41, 5.74) is 2.77. The number of hydrogen-bond donors (Lipinski definition) is 1. The molecule has 2 amide bonds. The van der Waals surface area contributed by atoms with Crippen LogP contribution in [0.4, 0.5) is 5.69 Å². The summed E-state index contributed by atoms with van der Waals surface area (Å²) in [5, 5.41) is 3.06. The first-order chi connectivity index (χ1) is 22.6. The van der Waals surface area contributed by atoms with E-state index in [0.717, 1.165) is 21.0 Å². The summed E-state index contributed by atoms with van der Waals surface area (Å²) in [7, 11) is -1.40. The van der Waals surface area contributed by atoms with Crippen LogP contribution >= 0.6 is 0 Å². The molecular weight excluding hydrogens is 614 g/mol. The molecule has 0 fully saturated rings. The Kier molecular flexibility index (Phi) is 12.0. The van der Waals surface area contributed by atoms with Crippen molar-refractivity contribution in [2.24, 2.45) is 0 Å². The summed E-state index contributed by atoms with van der Waals surface area (Å²) in [6.45, 7) is 5.31. The molecule has 248 valence electrons. The largest absolute Gasteiger partial charge is 0.497 e. The number of aryl methyl sites for hydroxylation is 1. The highest BCUT2D eigenvalue weighted by atomic mass is 32.2. The predicted octanol–water partition coefficient (Wildman–Crippen LogP) is 5.76. The Bertz CT molecular complexity index is 1750. The van der Waals surface area contributed by atoms with Gasteiger partial charge in [-0.25, -0.2) is 8.42 Å². The van der Waals surface area contributed by atoms with Gasteiger partial charge >= 0.3 is 0 Å².